The predicted octanol–water partition coefficient (Wildman–Crippen LogP) is 3.75. The monoisotopic (exact) mass is 382 g/mol. The summed E-state index contributed by atoms with van der Waals surface area (Å²) in [7, 11) is 0. The SMILES string of the molecule is CC(NC(=O)c1ccc(-n2cccn2)c(C#Cc2cccnc2)c1)c1ccco1. The van der Waals surface area contributed by atoms with E-state index in [0.717, 1.165) is 11.3 Å². The minimum Gasteiger partial charge on any atom is -0.467 e. The van der Waals surface area contributed by atoms with Crippen LogP contribution < -0.4 is 5.32 Å². The largest absolute Gasteiger partial charge is 0.467 e. The molecule has 6 nitrogen and oxygen atoms in total. The number of aromatic nitrogens is 3. The van der Waals surface area contributed by atoms with Crippen molar-refractivity contribution in [2.75, 3.05) is 0 Å². The van der Waals surface area contributed by atoms with Crippen molar-refractivity contribution in [2.24, 2.45) is 0 Å². The summed E-state index contributed by atoms with van der Waals surface area (Å²) >= 11 is 0. The first kappa shape index (κ1) is 18.3. The van der Waals surface area contributed by atoms with E-state index in [0.29, 0.717) is 16.9 Å². The Labute approximate surface area is 168 Å². The third kappa shape index (κ3) is 4.25. The molecule has 29 heavy (non-hydrogen) atoms. The van der Waals surface area contributed by atoms with Gasteiger partial charge in [-0.25, -0.2) is 4.68 Å². The molecule has 6 heteroatoms. The second-order valence-electron chi connectivity index (χ2n) is 6.38. The number of carbonyl (C=O) groups excluding carboxylic acids is 1. The molecule has 4 rings (SSSR count). The molecule has 0 bridgehead atoms. The van der Waals surface area contributed by atoms with Gasteiger partial charge in [0.15, 0.2) is 0 Å². The van der Waals surface area contributed by atoms with Crippen LogP contribution in [-0.4, -0.2) is 20.7 Å². The highest BCUT2D eigenvalue weighted by molar-refractivity contribution is 5.95. The lowest BCUT2D eigenvalue weighted by Gasteiger charge is -2.13. The Hall–Kier alpha value is -4.11. The first-order valence-electron chi connectivity index (χ1n) is 9.11. The van der Waals surface area contributed by atoms with Gasteiger partial charge in [0.25, 0.3) is 5.91 Å². The van der Waals surface area contributed by atoms with Crippen molar-refractivity contribution in [2.45, 2.75) is 13.0 Å². The quantitative estimate of drug-likeness (QED) is 0.546. The minimum absolute atomic E-state index is 0.203. The second-order valence-corrected chi connectivity index (χ2v) is 6.38. The van der Waals surface area contributed by atoms with Crippen LogP contribution in [0.25, 0.3) is 5.69 Å². The summed E-state index contributed by atoms with van der Waals surface area (Å²) in [5.74, 6) is 6.73. The number of furan rings is 1. The second kappa shape index (κ2) is 8.28. The number of pyridine rings is 1. The van der Waals surface area contributed by atoms with E-state index >= 15 is 0 Å². The zero-order valence-electron chi connectivity index (χ0n) is 15.7. The molecule has 1 unspecified atom stereocenters. The molecule has 3 aromatic heterocycles. The summed E-state index contributed by atoms with van der Waals surface area (Å²) in [6, 6.07) is 14.3. The zero-order valence-corrected chi connectivity index (χ0v) is 15.7. The fourth-order valence-electron chi connectivity index (χ4n) is 2.85. The van der Waals surface area contributed by atoms with E-state index < -0.39 is 0 Å². The average molecular weight is 382 g/mol. The number of nitrogens with zero attached hydrogens (tertiary/aromatic N) is 3. The third-order valence-corrected chi connectivity index (χ3v) is 4.33. The van der Waals surface area contributed by atoms with Crippen LogP contribution in [0.15, 0.2) is 84.0 Å². The molecule has 0 aliphatic heterocycles. The molecular weight excluding hydrogens is 364 g/mol. The van der Waals surface area contributed by atoms with Gasteiger partial charge in [-0.3, -0.25) is 9.78 Å². The highest BCUT2D eigenvalue weighted by atomic mass is 16.3. The van der Waals surface area contributed by atoms with Crippen molar-refractivity contribution in [3.05, 3.63) is 102 Å². The Morgan fingerprint density at radius 1 is 1.14 bits per heavy atom. The van der Waals surface area contributed by atoms with Crippen LogP contribution in [0.3, 0.4) is 0 Å². The summed E-state index contributed by atoms with van der Waals surface area (Å²) in [4.78, 5) is 16.8. The van der Waals surface area contributed by atoms with Crippen LogP contribution in [0.1, 0.15) is 40.2 Å². The average Bonchev–Trinajstić information content (AvgIpc) is 3.47. The Bertz CT molecular complexity index is 1150. The Balaban J connectivity index is 1.66. The maximum absolute atomic E-state index is 12.7. The standard InChI is InChI=1S/C23H18N4O2/c1-17(22-6-3-14-29-22)26-23(28)20-9-10-21(27-13-4-12-25-27)19(15-20)8-7-18-5-2-11-24-16-18/h2-6,9-17H,1H3,(H,26,28). The number of amides is 1. The zero-order chi connectivity index (χ0) is 20.1. The van der Waals surface area contributed by atoms with Crippen LogP contribution in [0.4, 0.5) is 0 Å². The summed E-state index contributed by atoms with van der Waals surface area (Å²) in [6.07, 6.45) is 8.52. The molecule has 3 heterocycles. The highest BCUT2D eigenvalue weighted by Crippen LogP contribution is 2.18. The van der Waals surface area contributed by atoms with Gasteiger partial charge in [-0.15, -0.1) is 0 Å². The van der Waals surface area contributed by atoms with Gasteiger partial charge >= 0.3 is 0 Å². The molecular formula is C23H18N4O2. The van der Waals surface area contributed by atoms with Crippen molar-refractivity contribution in [3.8, 4) is 17.5 Å². The van der Waals surface area contributed by atoms with Crippen LogP contribution >= 0.6 is 0 Å². The van der Waals surface area contributed by atoms with Gasteiger partial charge in [-0.05, 0) is 55.5 Å². The van der Waals surface area contributed by atoms with Crippen LogP contribution in [0.2, 0.25) is 0 Å². The molecule has 1 N–H and O–H groups in total. The highest BCUT2D eigenvalue weighted by Gasteiger charge is 2.15. The number of carbonyl (C=O) groups is 1. The molecule has 0 radical (unpaired) electrons. The van der Waals surface area contributed by atoms with E-state index in [1.165, 1.54) is 0 Å². The first-order valence-corrected chi connectivity index (χ1v) is 9.11. The smallest absolute Gasteiger partial charge is 0.251 e. The van der Waals surface area contributed by atoms with Crippen LogP contribution in [-0.2, 0) is 0 Å². The third-order valence-electron chi connectivity index (χ3n) is 4.33. The van der Waals surface area contributed by atoms with E-state index in [1.807, 2.05) is 43.5 Å². The van der Waals surface area contributed by atoms with E-state index in [2.05, 4.69) is 27.2 Å². The summed E-state index contributed by atoms with van der Waals surface area (Å²) in [5.41, 5.74) is 2.79. The fourth-order valence-corrected chi connectivity index (χ4v) is 2.85. The molecule has 4 aromatic rings. The van der Waals surface area contributed by atoms with Gasteiger partial charge in [0.05, 0.1) is 23.6 Å². The minimum atomic E-state index is -0.242. The molecule has 0 spiro atoms. The maximum atomic E-state index is 12.7. The normalized spacial score (nSPS) is 11.3. The summed E-state index contributed by atoms with van der Waals surface area (Å²) < 4.78 is 7.08. The molecule has 1 atom stereocenters. The first-order chi connectivity index (χ1) is 14.2. The number of hydrogen-bond acceptors (Lipinski definition) is 4. The molecule has 1 aromatic carbocycles. The van der Waals surface area contributed by atoms with Crippen molar-refractivity contribution in [1.82, 2.24) is 20.1 Å². The van der Waals surface area contributed by atoms with E-state index in [1.54, 1.807) is 47.7 Å². The molecule has 142 valence electrons. The van der Waals surface area contributed by atoms with Crippen LogP contribution in [0, 0.1) is 11.8 Å². The molecule has 0 fully saturated rings. The fraction of sp³-hybridized carbons (Fsp3) is 0.0870. The van der Waals surface area contributed by atoms with Crippen LogP contribution in [0.5, 0.6) is 0 Å². The van der Waals surface area contributed by atoms with Gasteiger partial charge < -0.3 is 9.73 Å². The Morgan fingerprint density at radius 3 is 2.79 bits per heavy atom. The molecule has 0 saturated carbocycles. The number of nitrogens with one attached hydrogen (secondary N) is 1. The van der Waals surface area contributed by atoms with Crippen molar-refractivity contribution < 1.29 is 9.21 Å². The molecule has 0 aliphatic rings. The van der Waals surface area contributed by atoms with Crippen molar-refractivity contribution in [1.29, 1.82) is 0 Å². The van der Waals surface area contributed by atoms with Gasteiger partial charge in [-0.1, -0.05) is 11.8 Å². The molecule has 0 aliphatic carbocycles. The topological polar surface area (TPSA) is 73.0 Å². The summed E-state index contributed by atoms with van der Waals surface area (Å²) in [5, 5.41) is 7.22. The van der Waals surface area contributed by atoms with E-state index in [4.69, 9.17) is 4.42 Å². The van der Waals surface area contributed by atoms with E-state index in [9.17, 15) is 4.79 Å². The summed E-state index contributed by atoms with van der Waals surface area (Å²) in [6.45, 7) is 1.87. The maximum Gasteiger partial charge on any atom is 0.251 e. The Morgan fingerprint density at radius 2 is 2.07 bits per heavy atom. The van der Waals surface area contributed by atoms with Crippen molar-refractivity contribution in [3.63, 3.8) is 0 Å². The van der Waals surface area contributed by atoms with Crippen molar-refractivity contribution >= 4 is 5.91 Å². The van der Waals surface area contributed by atoms with Gasteiger partial charge in [0.2, 0.25) is 0 Å². The Kier molecular flexibility index (Phi) is 5.21. The number of hydrogen-bond donors (Lipinski definition) is 1. The lowest BCUT2D eigenvalue weighted by Crippen LogP contribution is -2.26. The molecule has 0 saturated heterocycles. The number of benzene rings is 1. The van der Waals surface area contributed by atoms with Gasteiger partial charge in [0, 0.05) is 35.9 Å². The lowest BCUT2D eigenvalue weighted by molar-refractivity contribution is 0.0935. The molecule has 1 amide bonds. The van der Waals surface area contributed by atoms with E-state index in [-0.39, 0.29) is 11.9 Å². The van der Waals surface area contributed by atoms with Gasteiger partial charge in [0.1, 0.15) is 5.76 Å². The van der Waals surface area contributed by atoms with Gasteiger partial charge in [-0.2, -0.15) is 5.10 Å². The number of rotatable bonds is 4. The lowest BCUT2D eigenvalue weighted by atomic mass is 10.1. The predicted molar refractivity (Wildman–Crippen MR) is 108 cm³/mol.